The summed E-state index contributed by atoms with van der Waals surface area (Å²) in [5, 5.41) is 0. The number of rotatable bonds is 4. The number of hydrogen-bond acceptors (Lipinski definition) is 0. The third-order valence-electron chi connectivity index (χ3n) is 2.26. The van der Waals surface area contributed by atoms with E-state index in [1.165, 1.54) is 11.1 Å². The molecule has 0 spiro atoms. The zero-order valence-electron chi connectivity index (χ0n) is 9.17. The molecule has 0 N–H and O–H groups in total. The maximum Gasteiger partial charge on any atom is 0.00541 e. The lowest BCUT2D eigenvalue weighted by molar-refractivity contribution is 0.843. The smallest absolute Gasteiger partial charge is 0.00541 e. The van der Waals surface area contributed by atoms with Gasteiger partial charge >= 0.3 is 0 Å². The van der Waals surface area contributed by atoms with Gasteiger partial charge in [0.15, 0.2) is 0 Å². The molecule has 1 unspecified atom stereocenters. The van der Waals surface area contributed by atoms with Crippen LogP contribution in [-0.4, -0.2) is 0 Å². The third kappa shape index (κ3) is 3.45. The fourth-order valence-corrected chi connectivity index (χ4v) is 1.42. The standard InChI is InChI=1S/C13H20/c1-6-10-13(9-4)11(5)12(7-2)8-3/h6-11H,2H2,1,3-5H3/b10-6-,12-8+,13-9+. The molecular formula is C13H20. The van der Waals surface area contributed by atoms with E-state index in [1.807, 2.05) is 13.0 Å². The Balaban J connectivity index is 4.74. The highest BCUT2D eigenvalue weighted by atomic mass is 14.1. The van der Waals surface area contributed by atoms with Crippen molar-refractivity contribution < 1.29 is 0 Å². The zero-order valence-corrected chi connectivity index (χ0v) is 9.17. The van der Waals surface area contributed by atoms with Crippen molar-refractivity contribution in [1.82, 2.24) is 0 Å². The van der Waals surface area contributed by atoms with Gasteiger partial charge in [-0.15, -0.1) is 0 Å². The average Bonchev–Trinajstić information content (AvgIpc) is 2.15. The molecule has 0 aromatic heterocycles. The van der Waals surface area contributed by atoms with Crippen molar-refractivity contribution in [3.63, 3.8) is 0 Å². The summed E-state index contributed by atoms with van der Waals surface area (Å²) in [5.74, 6) is 0.448. The molecule has 0 nitrogen and oxygen atoms in total. The quantitative estimate of drug-likeness (QED) is 0.561. The molecule has 0 saturated carbocycles. The van der Waals surface area contributed by atoms with Gasteiger partial charge in [-0.1, -0.05) is 43.9 Å². The van der Waals surface area contributed by atoms with E-state index in [0.29, 0.717) is 5.92 Å². The Morgan fingerprint density at radius 3 is 1.92 bits per heavy atom. The Hall–Kier alpha value is -1.04. The lowest BCUT2D eigenvalue weighted by Gasteiger charge is -2.13. The van der Waals surface area contributed by atoms with E-state index in [0.717, 1.165) is 0 Å². The Bertz CT molecular complexity index is 239. The molecule has 0 aromatic rings. The Morgan fingerprint density at radius 2 is 1.62 bits per heavy atom. The minimum absolute atomic E-state index is 0.448. The van der Waals surface area contributed by atoms with Crippen molar-refractivity contribution in [1.29, 1.82) is 0 Å². The van der Waals surface area contributed by atoms with Crippen molar-refractivity contribution >= 4 is 0 Å². The van der Waals surface area contributed by atoms with Gasteiger partial charge in [0.2, 0.25) is 0 Å². The highest BCUT2D eigenvalue weighted by Crippen LogP contribution is 2.21. The van der Waals surface area contributed by atoms with Crippen molar-refractivity contribution in [2.24, 2.45) is 5.92 Å². The van der Waals surface area contributed by atoms with Gasteiger partial charge in [-0.3, -0.25) is 0 Å². The minimum Gasteiger partial charge on any atom is -0.0988 e. The van der Waals surface area contributed by atoms with Crippen LogP contribution in [0.1, 0.15) is 27.7 Å². The first kappa shape index (κ1) is 12.0. The van der Waals surface area contributed by atoms with Gasteiger partial charge in [-0.2, -0.15) is 0 Å². The zero-order chi connectivity index (χ0) is 10.3. The topological polar surface area (TPSA) is 0 Å². The molecule has 0 fully saturated rings. The first-order valence-electron chi connectivity index (χ1n) is 4.78. The maximum absolute atomic E-state index is 3.81. The van der Waals surface area contributed by atoms with Crippen LogP contribution in [0.25, 0.3) is 0 Å². The second-order valence-electron chi connectivity index (χ2n) is 3.00. The number of allylic oxidation sites excluding steroid dienone is 7. The van der Waals surface area contributed by atoms with E-state index in [-0.39, 0.29) is 0 Å². The molecule has 0 aromatic carbocycles. The third-order valence-corrected chi connectivity index (χ3v) is 2.26. The second-order valence-corrected chi connectivity index (χ2v) is 3.00. The maximum atomic E-state index is 3.81. The summed E-state index contributed by atoms with van der Waals surface area (Å²) in [6.45, 7) is 12.2. The van der Waals surface area contributed by atoms with Crippen molar-refractivity contribution in [3.05, 3.63) is 48.1 Å². The molecular weight excluding hydrogens is 156 g/mol. The first-order chi connectivity index (χ1) is 6.21. The summed E-state index contributed by atoms with van der Waals surface area (Å²) in [4.78, 5) is 0. The van der Waals surface area contributed by atoms with Gasteiger partial charge in [0.05, 0.1) is 0 Å². The SMILES string of the molecule is C=C/C(=C\C)C(C)C(/C=C\C)=C/C. The van der Waals surface area contributed by atoms with E-state index >= 15 is 0 Å². The predicted octanol–water partition coefficient (Wildman–Crippen LogP) is 4.28. The highest BCUT2D eigenvalue weighted by molar-refractivity contribution is 5.32. The van der Waals surface area contributed by atoms with E-state index in [1.54, 1.807) is 0 Å². The molecule has 0 aliphatic heterocycles. The van der Waals surface area contributed by atoms with E-state index < -0.39 is 0 Å². The predicted molar refractivity (Wildman–Crippen MR) is 61.7 cm³/mol. The van der Waals surface area contributed by atoms with Crippen molar-refractivity contribution in [3.8, 4) is 0 Å². The van der Waals surface area contributed by atoms with Crippen LogP contribution in [0.15, 0.2) is 48.1 Å². The molecule has 0 bridgehead atoms. The normalized spacial score (nSPS) is 16.3. The Kier molecular flexibility index (Phi) is 5.96. The molecule has 0 aliphatic carbocycles. The van der Waals surface area contributed by atoms with Crippen molar-refractivity contribution in [2.75, 3.05) is 0 Å². The van der Waals surface area contributed by atoms with Gasteiger partial charge in [0, 0.05) is 5.92 Å². The van der Waals surface area contributed by atoms with Crippen LogP contribution in [0.4, 0.5) is 0 Å². The molecule has 1 atom stereocenters. The van der Waals surface area contributed by atoms with Crippen LogP contribution >= 0.6 is 0 Å². The molecule has 72 valence electrons. The van der Waals surface area contributed by atoms with E-state index in [2.05, 4.69) is 51.7 Å². The largest absolute Gasteiger partial charge is 0.0988 e. The molecule has 0 amide bonds. The first-order valence-corrected chi connectivity index (χ1v) is 4.78. The Labute approximate surface area is 82.4 Å². The van der Waals surface area contributed by atoms with E-state index in [4.69, 9.17) is 0 Å². The van der Waals surface area contributed by atoms with Gasteiger partial charge < -0.3 is 0 Å². The van der Waals surface area contributed by atoms with Crippen LogP contribution in [0.2, 0.25) is 0 Å². The summed E-state index contributed by atoms with van der Waals surface area (Å²) < 4.78 is 0. The summed E-state index contributed by atoms with van der Waals surface area (Å²) in [5.41, 5.74) is 2.63. The average molecular weight is 176 g/mol. The summed E-state index contributed by atoms with van der Waals surface area (Å²) >= 11 is 0. The second kappa shape index (κ2) is 6.47. The van der Waals surface area contributed by atoms with Gasteiger partial charge in [-0.25, -0.2) is 0 Å². The van der Waals surface area contributed by atoms with Crippen LogP contribution in [-0.2, 0) is 0 Å². The van der Waals surface area contributed by atoms with E-state index in [9.17, 15) is 0 Å². The summed E-state index contributed by atoms with van der Waals surface area (Å²) in [7, 11) is 0. The lowest BCUT2D eigenvalue weighted by atomic mass is 9.92. The summed E-state index contributed by atoms with van der Waals surface area (Å²) in [6.07, 6.45) is 10.4. The molecule has 0 rings (SSSR count). The molecule has 13 heavy (non-hydrogen) atoms. The summed E-state index contributed by atoms with van der Waals surface area (Å²) in [6, 6.07) is 0. The fraction of sp³-hybridized carbons (Fsp3) is 0.385. The molecule has 0 radical (unpaired) electrons. The molecule has 0 aliphatic rings. The minimum atomic E-state index is 0.448. The van der Waals surface area contributed by atoms with Crippen LogP contribution in [0.5, 0.6) is 0 Å². The fourth-order valence-electron chi connectivity index (χ4n) is 1.42. The van der Waals surface area contributed by atoms with Gasteiger partial charge in [0.25, 0.3) is 0 Å². The molecule has 0 saturated heterocycles. The van der Waals surface area contributed by atoms with Crippen molar-refractivity contribution in [2.45, 2.75) is 27.7 Å². The monoisotopic (exact) mass is 176 g/mol. The Morgan fingerprint density at radius 1 is 1.08 bits per heavy atom. The van der Waals surface area contributed by atoms with Crippen LogP contribution < -0.4 is 0 Å². The molecule has 0 heterocycles. The lowest BCUT2D eigenvalue weighted by Crippen LogP contribution is -1.99. The molecule has 0 heteroatoms. The van der Waals surface area contributed by atoms with Crippen LogP contribution in [0, 0.1) is 5.92 Å². The van der Waals surface area contributed by atoms with Gasteiger partial charge in [-0.05, 0) is 31.9 Å². The van der Waals surface area contributed by atoms with Gasteiger partial charge in [0.1, 0.15) is 0 Å². The van der Waals surface area contributed by atoms with Crippen LogP contribution in [0.3, 0.4) is 0 Å². The highest BCUT2D eigenvalue weighted by Gasteiger charge is 2.06. The number of hydrogen-bond donors (Lipinski definition) is 0.